The lowest BCUT2D eigenvalue weighted by atomic mass is 10.3. The number of nitrogens with one attached hydrogen (secondary N) is 1. The Morgan fingerprint density at radius 1 is 1.80 bits per heavy atom. The van der Waals surface area contributed by atoms with Crippen molar-refractivity contribution in [2.24, 2.45) is 5.92 Å². The van der Waals surface area contributed by atoms with Gasteiger partial charge in [-0.15, -0.1) is 11.3 Å². The first kappa shape index (κ1) is 10.6. The van der Waals surface area contributed by atoms with Crippen LogP contribution in [0.4, 0.5) is 0 Å². The SMILES string of the molecule is CCC1CC1NCc1csc(C(=O)O)n1. The summed E-state index contributed by atoms with van der Waals surface area (Å²) in [6.07, 6.45) is 2.46. The molecule has 0 aromatic carbocycles. The first-order chi connectivity index (χ1) is 7.20. The number of rotatable bonds is 5. The van der Waals surface area contributed by atoms with Crippen molar-refractivity contribution in [3.05, 3.63) is 16.1 Å². The van der Waals surface area contributed by atoms with Crippen molar-refractivity contribution in [3.8, 4) is 0 Å². The third-order valence-electron chi connectivity index (χ3n) is 2.73. The Hall–Kier alpha value is -0.940. The van der Waals surface area contributed by atoms with Gasteiger partial charge in [0.25, 0.3) is 0 Å². The Morgan fingerprint density at radius 3 is 3.13 bits per heavy atom. The van der Waals surface area contributed by atoms with Gasteiger partial charge in [-0.05, 0) is 12.3 Å². The predicted molar refractivity (Wildman–Crippen MR) is 58.1 cm³/mol. The Kier molecular flexibility index (Phi) is 3.02. The molecule has 82 valence electrons. The molecule has 5 heteroatoms. The maximum absolute atomic E-state index is 10.6. The maximum atomic E-state index is 10.6. The highest BCUT2D eigenvalue weighted by atomic mass is 32.1. The molecule has 2 unspecified atom stereocenters. The van der Waals surface area contributed by atoms with Crippen LogP contribution in [0.3, 0.4) is 0 Å². The van der Waals surface area contributed by atoms with E-state index in [-0.39, 0.29) is 5.01 Å². The molecule has 15 heavy (non-hydrogen) atoms. The third-order valence-corrected chi connectivity index (χ3v) is 3.61. The molecular formula is C10H14N2O2S. The van der Waals surface area contributed by atoms with Crippen molar-refractivity contribution in [2.75, 3.05) is 0 Å². The van der Waals surface area contributed by atoms with Crippen LogP contribution in [0, 0.1) is 5.92 Å². The summed E-state index contributed by atoms with van der Waals surface area (Å²) in [5.74, 6) is -0.133. The lowest BCUT2D eigenvalue weighted by molar-refractivity contribution is 0.0696. The molecule has 1 heterocycles. The first-order valence-corrected chi connectivity index (χ1v) is 5.99. The molecule has 1 aromatic heterocycles. The Bertz CT molecular complexity index is 364. The van der Waals surface area contributed by atoms with Gasteiger partial charge in [-0.1, -0.05) is 13.3 Å². The smallest absolute Gasteiger partial charge is 0.365 e. The van der Waals surface area contributed by atoms with E-state index in [4.69, 9.17) is 5.11 Å². The summed E-state index contributed by atoms with van der Waals surface area (Å²) in [5, 5.41) is 14.1. The zero-order valence-electron chi connectivity index (χ0n) is 8.56. The van der Waals surface area contributed by atoms with E-state index in [0.29, 0.717) is 12.6 Å². The standard InChI is InChI=1S/C10H14N2O2S/c1-2-6-3-8(6)11-4-7-5-15-9(12-7)10(13)14/h5-6,8,11H,2-4H2,1H3,(H,13,14). The second kappa shape index (κ2) is 4.28. The highest BCUT2D eigenvalue weighted by Gasteiger charge is 2.34. The average molecular weight is 226 g/mol. The molecule has 0 spiro atoms. The van der Waals surface area contributed by atoms with Crippen molar-refractivity contribution < 1.29 is 9.90 Å². The lowest BCUT2D eigenvalue weighted by Gasteiger charge is -1.99. The predicted octanol–water partition coefficient (Wildman–Crippen LogP) is 1.73. The zero-order valence-corrected chi connectivity index (χ0v) is 9.38. The van der Waals surface area contributed by atoms with Gasteiger partial charge < -0.3 is 10.4 Å². The molecule has 2 rings (SSSR count). The molecule has 1 fully saturated rings. The molecule has 1 aliphatic rings. The van der Waals surface area contributed by atoms with Crippen LogP contribution in [-0.2, 0) is 6.54 Å². The highest BCUT2D eigenvalue weighted by molar-refractivity contribution is 7.11. The second-order valence-electron chi connectivity index (χ2n) is 3.84. The monoisotopic (exact) mass is 226 g/mol. The number of carboxylic acid groups (broad SMARTS) is 1. The van der Waals surface area contributed by atoms with E-state index in [2.05, 4.69) is 17.2 Å². The summed E-state index contributed by atoms with van der Waals surface area (Å²) < 4.78 is 0. The Labute approximate surface area is 92.3 Å². The summed E-state index contributed by atoms with van der Waals surface area (Å²) in [4.78, 5) is 14.6. The van der Waals surface area contributed by atoms with Gasteiger partial charge in [0.15, 0.2) is 0 Å². The van der Waals surface area contributed by atoms with Crippen molar-refractivity contribution in [1.82, 2.24) is 10.3 Å². The summed E-state index contributed by atoms with van der Waals surface area (Å²) in [7, 11) is 0. The number of thiazole rings is 1. The molecule has 4 nitrogen and oxygen atoms in total. The zero-order chi connectivity index (χ0) is 10.8. The summed E-state index contributed by atoms with van der Waals surface area (Å²) in [5.41, 5.74) is 0.833. The lowest BCUT2D eigenvalue weighted by Crippen LogP contribution is -2.17. The molecule has 2 atom stereocenters. The van der Waals surface area contributed by atoms with Gasteiger partial charge >= 0.3 is 5.97 Å². The molecular weight excluding hydrogens is 212 g/mol. The number of nitrogens with zero attached hydrogens (tertiary/aromatic N) is 1. The fourth-order valence-electron chi connectivity index (χ4n) is 1.67. The van der Waals surface area contributed by atoms with Crippen LogP contribution in [-0.4, -0.2) is 22.1 Å². The molecule has 1 aromatic rings. The van der Waals surface area contributed by atoms with Gasteiger partial charge in [-0.3, -0.25) is 0 Å². The number of carboxylic acids is 1. The first-order valence-electron chi connectivity index (χ1n) is 5.11. The number of carbonyl (C=O) groups is 1. The number of hydrogen-bond donors (Lipinski definition) is 2. The van der Waals surface area contributed by atoms with Crippen LogP contribution in [0.2, 0.25) is 0 Å². The van der Waals surface area contributed by atoms with Gasteiger partial charge in [0, 0.05) is 18.0 Å². The van der Waals surface area contributed by atoms with E-state index in [0.717, 1.165) is 11.6 Å². The fraction of sp³-hybridized carbons (Fsp3) is 0.600. The minimum absolute atomic E-state index is 0.176. The summed E-state index contributed by atoms with van der Waals surface area (Å²) in [6.45, 7) is 2.88. The number of aromatic nitrogens is 1. The van der Waals surface area contributed by atoms with Crippen molar-refractivity contribution in [2.45, 2.75) is 32.4 Å². The topological polar surface area (TPSA) is 62.2 Å². The van der Waals surface area contributed by atoms with Crippen LogP contribution >= 0.6 is 11.3 Å². The average Bonchev–Trinajstić information content (AvgIpc) is 2.81. The minimum atomic E-state index is -0.941. The van der Waals surface area contributed by atoms with Gasteiger partial charge in [0.1, 0.15) is 0 Å². The van der Waals surface area contributed by atoms with Crippen LogP contribution in [0.15, 0.2) is 5.38 Å². The van der Waals surface area contributed by atoms with Crippen molar-refractivity contribution in [1.29, 1.82) is 0 Å². The molecule has 0 saturated heterocycles. The largest absolute Gasteiger partial charge is 0.476 e. The molecule has 0 radical (unpaired) electrons. The van der Waals surface area contributed by atoms with Crippen LogP contribution in [0.5, 0.6) is 0 Å². The molecule has 0 amide bonds. The summed E-state index contributed by atoms with van der Waals surface area (Å²) in [6, 6.07) is 0.616. The Morgan fingerprint density at radius 2 is 2.60 bits per heavy atom. The Balaban J connectivity index is 1.81. The molecule has 1 aliphatic carbocycles. The van der Waals surface area contributed by atoms with Crippen molar-refractivity contribution in [3.63, 3.8) is 0 Å². The third kappa shape index (κ3) is 2.54. The maximum Gasteiger partial charge on any atom is 0.365 e. The normalized spacial score (nSPS) is 24.1. The van der Waals surface area contributed by atoms with Crippen LogP contribution in [0.25, 0.3) is 0 Å². The molecule has 1 saturated carbocycles. The highest BCUT2D eigenvalue weighted by Crippen LogP contribution is 2.33. The number of hydrogen-bond acceptors (Lipinski definition) is 4. The van der Waals surface area contributed by atoms with Gasteiger partial charge in [-0.25, -0.2) is 9.78 Å². The van der Waals surface area contributed by atoms with Crippen LogP contribution in [0.1, 0.15) is 35.3 Å². The van der Waals surface area contributed by atoms with Crippen LogP contribution < -0.4 is 5.32 Å². The van der Waals surface area contributed by atoms with E-state index in [9.17, 15) is 4.79 Å². The van der Waals surface area contributed by atoms with Crippen molar-refractivity contribution >= 4 is 17.3 Å². The quantitative estimate of drug-likeness (QED) is 0.802. The van der Waals surface area contributed by atoms with Gasteiger partial charge in [-0.2, -0.15) is 0 Å². The van der Waals surface area contributed by atoms with E-state index in [1.165, 1.54) is 24.2 Å². The van der Waals surface area contributed by atoms with E-state index in [1.807, 2.05) is 0 Å². The second-order valence-corrected chi connectivity index (χ2v) is 4.70. The fourth-order valence-corrected chi connectivity index (χ4v) is 2.33. The summed E-state index contributed by atoms with van der Waals surface area (Å²) >= 11 is 1.19. The van der Waals surface area contributed by atoms with Gasteiger partial charge in [0.2, 0.25) is 5.01 Å². The molecule has 2 N–H and O–H groups in total. The number of aromatic carboxylic acids is 1. The van der Waals surface area contributed by atoms with E-state index < -0.39 is 5.97 Å². The van der Waals surface area contributed by atoms with Gasteiger partial charge in [0.05, 0.1) is 5.69 Å². The minimum Gasteiger partial charge on any atom is -0.476 e. The van der Waals surface area contributed by atoms with E-state index in [1.54, 1.807) is 5.38 Å². The van der Waals surface area contributed by atoms with E-state index >= 15 is 0 Å². The molecule has 0 aliphatic heterocycles. The molecule has 0 bridgehead atoms.